The first-order chi connectivity index (χ1) is 14.5. The predicted octanol–water partition coefficient (Wildman–Crippen LogP) is 4.27. The molecular formula is C22H15F3N4O. The average Bonchev–Trinajstić information content (AvgIpc) is 3.30. The van der Waals surface area contributed by atoms with E-state index in [1.807, 2.05) is 0 Å². The summed E-state index contributed by atoms with van der Waals surface area (Å²) in [5.41, 5.74) is 5.54. The topological polar surface area (TPSA) is 50.5 Å². The number of hydrogen-bond donors (Lipinski definition) is 0. The van der Waals surface area contributed by atoms with Gasteiger partial charge in [0.15, 0.2) is 0 Å². The standard InChI is InChI=1S/C22H15F3N4O/c23-17-1-2-20-16(9-17)11-27-28(20)12-13-5-15(6-13)22(30)29-21(3-4-26-29)14-7-18(24)10-19(25)8-14/h1-2,4,7-11,21H,3,5,12H2. The molecule has 0 N–H and O–H groups in total. The molecule has 1 unspecified atom stereocenters. The highest BCUT2D eigenvalue weighted by Gasteiger charge is 2.33. The van der Waals surface area contributed by atoms with Gasteiger partial charge in [0.05, 0.1) is 29.9 Å². The van der Waals surface area contributed by atoms with E-state index in [-0.39, 0.29) is 11.7 Å². The number of halogens is 3. The van der Waals surface area contributed by atoms with Crippen molar-refractivity contribution in [3.63, 3.8) is 0 Å². The van der Waals surface area contributed by atoms with Gasteiger partial charge < -0.3 is 0 Å². The van der Waals surface area contributed by atoms with E-state index in [1.54, 1.807) is 23.2 Å². The van der Waals surface area contributed by atoms with Crippen molar-refractivity contribution in [2.75, 3.05) is 0 Å². The van der Waals surface area contributed by atoms with E-state index >= 15 is 0 Å². The zero-order valence-electron chi connectivity index (χ0n) is 15.6. The molecule has 0 fully saturated rings. The number of amides is 1. The second-order valence-electron chi connectivity index (χ2n) is 7.29. The second kappa shape index (κ2) is 7.00. The Bertz CT molecular complexity index is 1270. The summed E-state index contributed by atoms with van der Waals surface area (Å²) in [7, 11) is 0. The van der Waals surface area contributed by atoms with Crippen LogP contribution in [0.3, 0.4) is 0 Å². The van der Waals surface area contributed by atoms with Crippen molar-refractivity contribution in [1.82, 2.24) is 14.8 Å². The first kappa shape index (κ1) is 18.4. The third-order valence-corrected chi connectivity index (χ3v) is 5.23. The van der Waals surface area contributed by atoms with Gasteiger partial charge in [0.1, 0.15) is 17.5 Å². The highest BCUT2D eigenvalue weighted by Crippen LogP contribution is 2.33. The molecule has 2 aromatic carbocycles. The molecule has 1 aliphatic heterocycles. The summed E-state index contributed by atoms with van der Waals surface area (Å²) in [6.07, 6.45) is 3.95. The maximum Gasteiger partial charge on any atom is 0.278 e. The molecule has 30 heavy (non-hydrogen) atoms. The Labute approximate surface area is 169 Å². The predicted molar refractivity (Wildman–Crippen MR) is 104 cm³/mol. The summed E-state index contributed by atoms with van der Waals surface area (Å²) in [6.45, 7) is 0.438. The van der Waals surface area contributed by atoms with E-state index in [0.717, 1.165) is 17.2 Å². The summed E-state index contributed by atoms with van der Waals surface area (Å²) >= 11 is 0. The van der Waals surface area contributed by atoms with Crippen LogP contribution in [-0.2, 0) is 11.3 Å². The van der Waals surface area contributed by atoms with Crippen molar-refractivity contribution >= 4 is 23.0 Å². The lowest BCUT2D eigenvalue weighted by Gasteiger charge is -2.25. The minimum absolute atomic E-state index is 0.323. The van der Waals surface area contributed by atoms with Gasteiger partial charge >= 0.3 is 0 Å². The van der Waals surface area contributed by atoms with Crippen LogP contribution in [-0.4, -0.2) is 26.9 Å². The lowest BCUT2D eigenvalue weighted by molar-refractivity contribution is -0.129. The van der Waals surface area contributed by atoms with Crippen molar-refractivity contribution in [3.05, 3.63) is 82.5 Å². The molecule has 1 atom stereocenters. The van der Waals surface area contributed by atoms with Gasteiger partial charge in [0.2, 0.25) is 0 Å². The van der Waals surface area contributed by atoms with Gasteiger partial charge in [0.25, 0.3) is 5.91 Å². The number of carbonyl (C=O) groups excluding carboxylic acids is 1. The molecule has 0 radical (unpaired) electrons. The van der Waals surface area contributed by atoms with Crippen LogP contribution in [0, 0.1) is 17.5 Å². The van der Waals surface area contributed by atoms with Crippen LogP contribution in [0.25, 0.3) is 10.9 Å². The van der Waals surface area contributed by atoms with Crippen LogP contribution in [0.4, 0.5) is 13.2 Å². The Balaban J connectivity index is 1.36. The molecule has 1 aliphatic carbocycles. The van der Waals surface area contributed by atoms with Crippen molar-refractivity contribution in [1.29, 1.82) is 0 Å². The maximum atomic E-state index is 13.6. The minimum Gasteiger partial charge on any atom is -0.267 e. The molecule has 3 aromatic rings. The highest BCUT2D eigenvalue weighted by molar-refractivity contribution is 5.96. The molecule has 150 valence electrons. The van der Waals surface area contributed by atoms with Gasteiger partial charge in [-0.05, 0) is 41.5 Å². The van der Waals surface area contributed by atoms with E-state index in [9.17, 15) is 18.0 Å². The third kappa shape index (κ3) is 3.21. The van der Waals surface area contributed by atoms with E-state index in [0.29, 0.717) is 35.9 Å². The minimum atomic E-state index is -0.694. The molecule has 2 heterocycles. The molecule has 5 rings (SSSR count). The summed E-state index contributed by atoms with van der Waals surface area (Å²) in [4.78, 5) is 12.8. The third-order valence-electron chi connectivity index (χ3n) is 5.23. The summed E-state index contributed by atoms with van der Waals surface area (Å²) in [6, 6.07) is 7.12. The molecular weight excluding hydrogens is 393 g/mol. The number of fused-ring (bicyclic) bond motifs is 1. The van der Waals surface area contributed by atoms with Gasteiger partial charge in [-0.2, -0.15) is 10.2 Å². The van der Waals surface area contributed by atoms with E-state index in [4.69, 9.17) is 0 Å². The Kier molecular flexibility index (Phi) is 4.29. The smallest absolute Gasteiger partial charge is 0.267 e. The Hall–Kier alpha value is -3.64. The van der Waals surface area contributed by atoms with Crippen molar-refractivity contribution < 1.29 is 18.0 Å². The van der Waals surface area contributed by atoms with Crippen LogP contribution in [0.15, 0.2) is 64.6 Å². The van der Waals surface area contributed by atoms with Crippen molar-refractivity contribution in [3.8, 4) is 0 Å². The largest absolute Gasteiger partial charge is 0.278 e. The number of rotatable bonds is 4. The molecule has 0 saturated carbocycles. The van der Waals surface area contributed by atoms with Crippen LogP contribution in [0.2, 0.25) is 0 Å². The summed E-state index contributed by atoms with van der Waals surface area (Å²) in [5, 5.41) is 10.3. The van der Waals surface area contributed by atoms with Crippen LogP contribution < -0.4 is 0 Å². The number of aromatic nitrogens is 2. The van der Waals surface area contributed by atoms with E-state index in [1.165, 1.54) is 29.3 Å². The fraction of sp³-hybridized carbons (Fsp3) is 0.182. The highest BCUT2D eigenvalue weighted by atomic mass is 19.1. The van der Waals surface area contributed by atoms with Gasteiger partial charge in [-0.1, -0.05) is 0 Å². The monoisotopic (exact) mass is 408 g/mol. The van der Waals surface area contributed by atoms with E-state index < -0.39 is 17.7 Å². The fourth-order valence-electron chi connectivity index (χ4n) is 3.79. The Morgan fingerprint density at radius 1 is 1.10 bits per heavy atom. The summed E-state index contributed by atoms with van der Waals surface area (Å²) < 4.78 is 42.2. The van der Waals surface area contributed by atoms with Crippen LogP contribution in [0.5, 0.6) is 0 Å². The molecule has 8 heteroatoms. The SMILES string of the molecule is O=C(C1=C=C(Cn2ncc3cc(F)ccc32)C1)N1N=CCC1c1cc(F)cc(F)c1. The molecule has 0 saturated heterocycles. The fourth-order valence-corrected chi connectivity index (χ4v) is 3.79. The first-order valence-corrected chi connectivity index (χ1v) is 9.38. The van der Waals surface area contributed by atoms with Crippen LogP contribution >= 0.6 is 0 Å². The lowest BCUT2D eigenvalue weighted by atomic mass is 9.95. The zero-order chi connectivity index (χ0) is 20.8. The lowest BCUT2D eigenvalue weighted by Crippen LogP contribution is -2.30. The average molecular weight is 408 g/mol. The van der Waals surface area contributed by atoms with Crippen molar-refractivity contribution in [2.45, 2.75) is 25.4 Å². The molecule has 0 bridgehead atoms. The van der Waals surface area contributed by atoms with Crippen molar-refractivity contribution in [2.24, 2.45) is 5.10 Å². The number of nitrogens with zero attached hydrogens (tertiary/aromatic N) is 4. The number of carbonyl (C=O) groups is 1. The molecule has 1 aromatic heterocycles. The Morgan fingerprint density at radius 3 is 2.63 bits per heavy atom. The molecule has 2 aliphatic rings. The van der Waals surface area contributed by atoms with Gasteiger partial charge in [0, 0.05) is 30.5 Å². The number of hydrogen-bond acceptors (Lipinski definition) is 3. The quantitative estimate of drug-likeness (QED) is 0.606. The second-order valence-corrected chi connectivity index (χ2v) is 7.29. The molecule has 5 nitrogen and oxygen atoms in total. The molecule has 0 spiro atoms. The van der Waals surface area contributed by atoms with Crippen LogP contribution in [0.1, 0.15) is 24.4 Å². The molecule has 1 amide bonds. The maximum absolute atomic E-state index is 13.6. The van der Waals surface area contributed by atoms with Gasteiger partial charge in [-0.15, -0.1) is 5.73 Å². The first-order valence-electron chi connectivity index (χ1n) is 9.38. The van der Waals surface area contributed by atoms with E-state index in [2.05, 4.69) is 15.9 Å². The Morgan fingerprint density at radius 2 is 1.87 bits per heavy atom. The summed E-state index contributed by atoms with van der Waals surface area (Å²) in [5.74, 6) is -2.05. The van der Waals surface area contributed by atoms with Gasteiger partial charge in [-0.25, -0.2) is 18.2 Å². The normalized spacial score (nSPS) is 17.8. The number of benzene rings is 2. The van der Waals surface area contributed by atoms with Gasteiger partial charge in [-0.3, -0.25) is 9.48 Å². The zero-order valence-corrected chi connectivity index (χ0v) is 15.6. The number of hydrazone groups is 1.